The topological polar surface area (TPSA) is 46.9 Å². The van der Waals surface area contributed by atoms with Gasteiger partial charge in [-0.3, -0.25) is 4.79 Å². The van der Waals surface area contributed by atoms with Crippen LogP contribution in [0, 0.1) is 0 Å². The first-order valence-electron chi connectivity index (χ1n) is 8.73. The molecule has 0 aliphatic heterocycles. The highest BCUT2D eigenvalue weighted by Crippen LogP contribution is 2.31. The van der Waals surface area contributed by atoms with Crippen LogP contribution in [0.5, 0.6) is 0 Å². The first-order chi connectivity index (χ1) is 12.6. The van der Waals surface area contributed by atoms with Crippen LogP contribution in [0.25, 0.3) is 11.0 Å². The lowest BCUT2D eigenvalue weighted by Gasteiger charge is -2.15. The first-order valence-corrected chi connectivity index (χ1v) is 8.73. The number of aryl methyl sites for hydroxylation is 2. The lowest BCUT2D eigenvalue weighted by atomic mass is 10.1. The molecule has 6 heteroatoms. The van der Waals surface area contributed by atoms with Crippen LogP contribution in [0.4, 0.5) is 8.78 Å². The zero-order valence-corrected chi connectivity index (χ0v) is 14.2. The highest BCUT2D eigenvalue weighted by molar-refractivity contribution is 5.79. The van der Waals surface area contributed by atoms with E-state index in [1.54, 1.807) is 18.3 Å². The minimum atomic E-state index is -2.60. The van der Waals surface area contributed by atoms with Crippen LogP contribution in [0.1, 0.15) is 42.1 Å². The maximum absolute atomic E-state index is 13.3. The average molecular weight is 355 g/mol. The molecule has 0 fully saturated rings. The maximum atomic E-state index is 13.3. The Hall–Kier alpha value is -2.76. The van der Waals surface area contributed by atoms with Crippen molar-refractivity contribution in [2.24, 2.45) is 0 Å². The van der Waals surface area contributed by atoms with Crippen molar-refractivity contribution in [1.82, 2.24) is 14.9 Å². The molecular weight excluding hydrogens is 336 g/mol. The van der Waals surface area contributed by atoms with Gasteiger partial charge >= 0.3 is 0 Å². The Balaban J connectivity index is 1.47. The van der Waals surface area contributed by atoms with Gasteiger partial charge in [0.05, 0.1) is 11.7 Å². The molecule has 1 aromatic carbocycles. The molecule has 1 unspecified atom stereocenters. The van der Waals surface area contributed by atoms with Crippen molar-refractivity contribution < 1.29 is 13.6 Å². The van der Waals surface area contributed by atoms with E-state index in [2.05, 4.69) is 16.4 Å². The number of aromatic nitrogens is 2. The number of carbonyl (C=O) groups is 1. The van der Waals surface area contributed by atoms with E-state index in [1.165, 1.54) is 16.2 Å². The van der Waals surface area contributed by atoms with Crippen LogP contribution in [-0.2, 0) is 17.8 Å². The van der Waals surface area contributed by atoms with E-state index in [1.807, 2.05) is 18.2 Å². The van der Waals surface area contributed by atoms with Gasteiger partial charge in [0.1, 0.15) is 5.65 Å². The van der Waals surface area contributed by atoms with Crippen molar-refractivity contribution in [2.45, 2.75) is 38.3 Å². The molecule has 2 heterocycles. The van der Waals surface area contributed by atoms with Crippen LogP contribution in [0.3, 0.4) is 0 Å². The predicted molar refractivity (Wildman–Crippen MR) is 95.0 cm³/mol. The van der Waals surface area contributed by atoms with Gasteiger partial charge in [-0.25, -0.2) is 13.8 Å². The van der Waals surface area contributed by atoms with E-state index < -0.39 is 6.43 Å². The molecule has 4 nitrogen and oxygen atoms in total. The monoisotopic (exact) mass is 355 g/mol. The normalized spacial score (nSPS) is 16.2. The lowest BCUT2D eigenvalue weighted by molar-refractivity contribution is -0.122. The number of pyridine rings is 1. The molecule has 2 aromatic heterocycles. The van der Waals surface area contributed by atoms with Crippen LogP contribution in [0.2, 0.25) is 0 Å². The van der Waals surface area contributed by atoms with Crippen molar-refractivity contribution in [3.8, 4) is 0 Å². The number of alkyl halides is 2. The fourth-order valence-corrected chi connectivity index (χ4v) is 3.71. The summed E-state index contributed by atoms with van der Waals surface area (Å²) >= 11 is 0. The molecule has 0 saturated heterocycles. The second kappa shape index (κ2) is 6.86. The van der Waals surface area contributed by atoms with Crippen LogP contribution >= 0.6 is 0 Å². The summed E-state index contributed by atoms with van der Waals surface area (Å²) in [6.45, 7) is 0.181. The van der Waals surface area contributed by atoms with Crippen LogP contribution in [0.15, 0.2) is 48.7 Å². The Kier molecular flexibility index (Phi) is 4.41. The van der Waals surface area contributed by atoms with Gasteiger partial charge in [0.2, 0.25) is 5.91 Å². The fourth-order valence-electron chi connectivity index (χ4n) is 3.71. The quantitative estimate of drug-likeness (QED) is 0.747. The number of hydrogen-bond donors (Lipinski definition) is 1. The largest absolute Gasteiger partial charge is 0.349 e. The maximum Gasteiger partial charge on any atom is 0.278 e. The number of nitrogens with zero attached hydrogens (tertiary/aromatic N) is 2. The zero-order chi connectivity index (χ0) is 18.1. The Morgan fingerprint density at radius 1 is 1.27 bits per heavy atom. The molecule has 0 bridgehead atoms. The molecule has 0 saturated carbocycles. The molecular formula is C20H19F2N3O. The van der Waals surface area contributed by atoms with E-state index in [4.69, 9.17) is 0 Å². The summed E-state index contributed by atoms with van der Waals surface area (Å²) < 4.78 is 28.1. The Bertz CT molecular complexity index is 951. The Labute approximate surface area is 149 Å². The number of rotatable bonds is 5. The summed E-state index contributed by atoms with van der Waals surface area (Å²) in [7, 11) is 0. The van der Waals surface area contributed by atoms with Gasteiger partial charge in [0.25, 0.3) is 6.43 Å². The molecule has 1 aliphatic rings. The molecule has 0 spiro atoms. The molecule has 1 amide bonds. The summed E-state index contributed by atoms with van der Waals surface area (Å²) in [5, 5.41) is 3.69. The van der Waals surface area contributed by atoms with Crippen molar-refractivity contribution in [3.05, 3.63) is 65.5 Å². The highest BCUT2D eigenvalue weighted by atomic mass is 19.3. The van der Waals surface area contributed by atoms with E-state index in [0.29, 0.717) is 11.0 Å². The lowest BCUT2D eigenvalue weighted by Crippen LogP contribution is -2.28. The molecule has 1 N–H and O–H groups in total. The standard InChI is InChI=1S/C20H19F2N3O/c21-19(22)17-12-14-5-3-10-23-20(14)25(17)11-9-18(26)24-16-8-7-13-4-1-2-6-15(13)16/h1-6,10,12,16,19H,7-9,11H2,(H,24,26). The number of nitrogens with one attached hydrogen (secondary N) is 1. The van der Waals surface area contributed by atoms with Crippen molar-refractivity contribution >= 4 is 16.9 Å². The number of hydrogen-bond acceptors (Lipinski definition) is 2. The number of carbonyl (C=O) groups excluding carboxylic acids is 1. The van der Waals surface area contributed by atoms with Crippen molar-refractivity contribution in [2.75, 3.05) is 0 Å². The van der Waals surface area contributed by atoms with E-state index >= 15 is 0 Å². The molecule has 134 valence electrons. The summed E-state index contributed by atoms with van der Waals surface area (Å²) in [4.78, 5) is 16.6. The number of amides is 1. The summed E-state index contributed by atoms with van der Waals surface area (Å²) in [5.74, 6) is -0.135. The second-order valence-electron chi connectivity index (χ2n) is 6.55. The first kappa shape index (κ1) is 16.7. The molecule has 26 heavy (non-hydrogen) atoms. The van der Waals surface area contributed by atoms with Gasteiger partial charge in [0, 0.05) is 24.5 Å². The minimum absolute atomic E-state index is 0.00722. The third-order valence-electron chi connectivity index (χ3n) is 4.94. The molecule has 0 radical (unpaired) electrons. The number of benzene rings is 1. The van der Waals surface area contributed by atoms with Crippen LogP contribution in [-0.4, -0.2) is 15.5 Å². The molecule has 4 rings (SSSR count). The third kappa shape index (κ3) is 3.07. The van der Waals surface area contributed by atoms with Gasteiger partial charge < -0.3 is 9.88 Å². The average Bonchev–Trinajstić information content (AvgIpc) is 3.22. The number of halogens is 2. The molecule has 1 aliphatic carbocycles. The Morgan fingerprint density at radius 2 is 2.12 bits per heavy atom. The van der Waals surface area contributed by atoms with Gasteiger partial charge in [0.15, 0.2) is 0 Å². The van der Waals surface area contributed by atoms with Gasteiger partial charge in [-0.2, -0.15) is 0 Å². The van der Waals surface area contributed by atoms with Gasteiger partial charge in [-0.1, -0.05) is 24.3 Å². The minimum Gasteiger partial charge on any atom is -0.349 e. The second-order valence-corrected chi connectivity index (χ2v) is 6.55. The summed E-state index contributed by atoms with van der Waals surface area (Å²) in [6.07, 6.45) is 0.931. The zero-order valence-electron chi connectivity index (χ0n) is 14.2. The van der Waals surface area contributed by atoms with E-state index in [-0.39, 0.29) is 30.6 Å². The van der Waals surface area contributed by atoms with Gasteiger partial charge in [-0.15, -0.1) is 0 Å². The predicted octanol–water partition coefficient (Wildman–Crippen LogP) is 4.17. The van der Waals surface area contributed by atoms with Crippen LogP contribution < -0.4 is 5.32 Å². The van der Waals surface area contributed by atoms with E-state index in [0.717, 1.165) is 18.4 Å². The number of fused-ring (bicyclic) bond motifs is 2. The van der Waals surface area contributed by atoms with E-state index in [9.17, 15) is 13.6 Å². The third-order valence-corrected chi connectivity index (χ3v) is 4.94. The fraction of sp³-hybridized carbons (Fsp3) is 0.300. The summed E-state index contributed by atoms with van der Waals surface area (Å²) in [6, 6.07) is 13.0. The Morgan fingerprint density at radius 3 is 2.96 bits per heavy atom. The molecule has 3 aromatic rings. The van der Waals surface area contributed by atoms with Crippen molar-refractivity contribution in [1.29, 1.82) is 0 Å². The smallest absolute Gasteiger partial charge is 0.278 e. The SMILES string of the molecule is O=C(CCn1c(C(F)F)cc2cccnc21)NC1CCc2ccccc21. The van der Waals surface area contributed by atoms with Gasteiger partial charge in [-0.05, 0) is 42.2 Å². The summed E-state index contributed by atoms with van der Waals surface area (Å²) in [5.41, 5.74) is 2.81. The molecule has 1 atom stereocenters. The highest BCUT2D eigenvalue weighted by Gasteiger charge is 2.24. The van der Waals surface area contributed by atoms with Crippen molar-refractivity contribution in [3.63, 3.8) is 0 Å².